The zero-order valence-electron chi connectivity index (χ0n) is 23.3. The number of ether oxygens (including phenoxy) is 2. The number of terminal acetylenes is 1. The van der Waals surface area contributed by atoms with Gasteiger partial charge in [-0.15, -0.1) is 6.42 Å². The van der Waals surface area contributed by atoms with Crippen molar-refractivity contribution >= 4 is 33.9 Å². The highest BCUT2D eigenvalue weighted by Gasteiger charge is 2.21. The molecular weight excluding hydrogens is 526 g/mol. The second-order valence-corrected chi connectivity index (χ2v) is 10.1. The maximum absolute atomic E-state index is 13.0. The Morgan fingerprint density at radius 3 is 2.83 bits per heavy atom. The quantitative estimate of drug-likeness (QED) is 0.193. The first-order chi connectivity index (χ1) is 20.5. The highest BCUT2D eigenvalue weighted by molar-refractivity contribution is 6.04. The first-order valence-electron chi connectivity index (χ1n) is 13.7. The van der Waals surface area contributed by atoms with Gasteiger partial charge >= 0.3 is 0 Å². The molecule has 0 unspecified atom stereocenters. The van der Waals surface area contributed by atoms with Crippen molar-refractivity contribution in [1.29, 1.82) is 5.26 Å². The number of benzene rings is 3. The smallest absolute Gasteiger partial charge is 0.248 e. The van der Waals surface area contributed by atoms with Crippen LogP contribution in [0.4, 0.5) is 17.1 Å². The number of rotatable bonds is 10. The molecule has 3 aromatic carbocycles. The fourth-order valence-corrected chi connectivity index (χ4v) is 4.72. The Morgan fingerprint density at radius 2 is 2.07 bits per heavy atom. The summed E-state index contributed by atoms with van der Waals surface area (Å²) in [6, 6.07) is 23.3. The van der Waals surface area contributed by atoms with Crippen LogP contribution in [0.3, 0.4) is 0 Å². The summed E-state index contributed by atoms with van der Waals surface area (Å²) < 4.78 is 11.7. The number of anilines is 3. The van der Waals surface area contributed by atoms with Crippen molar-refractivity contribution < 1.29 is 14.3 Å². The van der Waals surface area contributed by atoms with Gasteiger partial charge in [-0.3, -0.25) is 14.7 Å². The average molecular weight is 558 g/mol. The Hall–Kier alpha value is -5.15. The number of nitriles is 1. The number of nitrogens with one attached hydrogen (secondary N) is 2. The summed E-state index contributed by atoms with van der Waals surface area (Å²) in [5, 5.41) is 16.8. The minimum Gasteiger partial charge on any atom is -0.486 e. The van der Waals surface area contributed by atoms with E-state index in [0.29, 0.717) is 58.9 Å². The van der Waals surface area contributed by atoms with Gasteiger partial charge in [-0.1, -0.05) is 48.4 Å². The van der Waals surface area contributed by atoms with E-state index in [-0.39, 0.29) is 12.0 Å². The summed E-state index contributed by atoms with van der Waals surface area (Å²) in [4.78, 5) is 19.7. The van der Waals surface area contributed by atoms with Gasteiger partial charge < -0.3 is 20.1 Å². The number of hydrogen-bond acceptors (Lipinski definition) is 7. The molecule has 1 atom stereocenters. The highest BCUT2D eigenvalue weighted by atomic mass is 16.5. The zero-order valence-corrected chi connectivity index (χ0v) is 23.3. The van der Waals surface area contributed by atoms with E-state index >= 15 is 0 Å². The van der Waals surface area contributed by atoms with Gasteiger partial charge in [-0.2, -0.15) is 5.26 Å². The Morgan fingerprint density at radius 1 is 1.21 bits per heavy atom. The third kappa shape index (κ3) is 7.13. The summed E-state index contributed by atoms with van der Waals surface area (Å²) in [6.45, 7) is 2.46. The van der Waals surface area contributed by atoms with Crippen LogP contribution in [-0.4, -0.2) is 48.7 Å². The van der Waals surface area contributed by atoms with E-state index in [9.17, 15) is 10.1 Å². The number of carbonyl (C=O) groups is 1. The fourth-order valence-electron chi connectivity index (χ4n) is 4.72. The van der Waals surface area contributed by atoms with Crippen molar-refractivity contribution in [3.63, 3.8) is 0 Å². The molecule has 1 saturated heterocycles. The minimum absolute atomic E-state index is 0.136. The van der Waals surface area contributed by atoms with E-state index in [0.717, 1.165) is 18.7 Å². The topological polar surface area (TPSA) is 99.5 Å². The van der Waals surface area contributed by atoms with Crippen LogP contribution in [0.25, 0.3) is 10.9 Å². The fraction of sp³-hybridized carbons (Fsp3) is 0.206. The molecule has 4 aromatic rings. The molecule has 8 nitrogen and oxygen atoms in total. The molecule has 0 aliphatic carbocycles. The first kappa shape index (κ1) is 28.4. The van der Waals surface area contributed by atoms with Gasteiger partial charge in [0.15, 0.2) is 0 Å². The zero-order chi connectivity index (χ0) is 29.3. The lowest BCUT2D eigenvalue weighted by molar-refractivity contribution is -0.111. The molecule has 1 aromatic heterocycles. The van der Waals surface area contributed by atoms with Crippen LogP contribution in [0.5, 0.6) is 5.75 Å². The molecule has 210 valence electrons. The van der Waals surface area contributed by atoms with E-state index < -0.39 is 0 Å². The SMILES string of the molecule is C#Cc1cccc(Nc2c(C#N)cnc3cc(O[C@H]4CCOC4)c(NC(=O)/C=C/CN(C)Cc4ccccc4)cc23)c1. The normalized spacial score (nSPS) is 14.5. The lowest BCUT2D eigenvalue weighted by Crippen LogP contribution is -2.19. The third-order valence-corrected chi connectivity index (χ3v) is 6.81. The number of nitrogens with zero attached hydrogens (tertiary/aromatic N) is 3. The van der Waals surface area contributed by atoms with Gasteiger partial charge in [0.2, 0.25) is 5.91 Å². The Balaban J connectivity index is 1.42. The van der Waals surface area contributed by atoms with Gasteiger partial charge in [0.05, 0.1) is 35.7 Å². The van der Waals surface area contributed by atoms with Crippen molar-refractivity contribution in [3.05, 3.63) is 102 Å². The molecule has 5 rings (SSSR count). The molecule has 42 heavy (non-hydrogen) atoms. The van der Waals surface area contributed by atoms with Crippen LogP contribution in [0.1, 0.15) is 23.1 Å². The highest BCUT2D eigenvalue weighted by Crippen LogP contribution is 2.37. The number of amides is 1. The summed E-state index contributed by atoms with van der Waals surface area (Å²) in [7, 11) is 2.00. The van der Waals surface area contributed by atoms with Gasteiger partial charge in [-0.05, 0) is 36.9 Å². The maximum atomic E-state index is 13.0. The van der Waals surface area contributed by atoms with Gasteiger partial charge in [0.1, 0.15) is 17.9 Å². The van der Waals surface area contributed by atoms with Crippen LogP contribution in [0.2, 0.25) is 0 Å². The standard InChI is InChI=1S/C34H31N5O3/c1-3-24-11-7-12-27(17-24)37-34-26(20-35)21-36-30-19-32(42-28-14-16-41-23-28)31(18-29(30)34)38-33(40)13-8-15-39(2)22-25-9-5-4-6-10-25/h1,4-13,17-19,21,28H,14-16,22-23H2,2H3,(H,36,37)(H,38,40)/b13-8+/t28-/m0/s1. The molecular formula is C34H31N5O3. The van der Waals surface area contributed by atoms with E-state index in [1.807, 2.05) is 55.6 Å². The number of carbonyl (C=O) groups excluding carboxylic acids is 1. The van der Waals surface area contributed by atoms with Crippen LogP contribution in [-0.2, 0) is 16.1 Å². The largest absolute Gasteiger partial charge is 0.486 e. The molecule has 1 fully saturated rings. The van der Waals surface area contributed by atoms with E-state index in [1.165, 1.54) is 17.8 Å². The Bertz CT molecular complexity index is 1680. The number of aromatic nitrogens is 1. The molecule has 2 N–H and O–H groups in total. The molecule has 1 amide bonds. The van der Waals surface area contributed by atoms with Crippen molar-refractivity contribution in [1.82, 2.24) is 9.88 Å². The summed E-state index contributed by atoms with van der Waals surface area (Å²) in [6.07, 6.45) is 11.1. The maximum Gasteiger partial charge on any atom is 0.248 e. The van der Waals surface area contributed by atoms with Gasteiger partial charge in [-0.25, -0.2) is 0 Å². The minimum atomic E-state index is -0.296. The Labute approximate surface area is 245 Å². The molecule has 1 aliphatic heterocycles. The lowest BCUT2D eigenvalue weighted by atomic mass is 10.1. The first-order valence-corrected chi connectivity index (χ1v) is 13.7. The van der Waals surface area contributed by atoms with Crippen LogP contribution in [0.15, 0.2) is 85.1 Å². The second-order valence-electron chi connectivity index (χ2n) is 10.1. The lowest BCUT2D eigenvalue weighted by Gasteiger charge is -2.18. The van der Waals surface area contributed by atoms with Crippen molar-refractivity contribution in [2.75, 3.05) is 37.4 Å². The van der Waals surface area contributed by atoms with E-state index in [1.54, 1.807) is 12.1 Å². The van der Waals surface area contributed by atoms with Crippen molar-refractivity contribution in [3.8, 4) is 24.2 Å². The second kappa shape index (κ2) is 13.5. The van der Waals surface area contributed by atoms with Crippen molar-refractivity contribution in [2.24, 2.45) is 0 Å². The van der Waals surface area contributed by atoms with Crippen LogP contribution >= 0.6 is 0 Å². The molecule has 8 heteroatoms. The van der Waals surface area contributed by atoms with Gasteiger partial charge in [0.25, 0.3) is 0 Å². The Kier molecular flexibility index (Phi) is 9.10. The summed E-state index contributed by atoms with van der Waals surface area (Å²) in [5.41, 5.74) is 4.62. The average Bonchev–Trinajstić information content (AvgIpc) is 3.51. The monoisotopic (exact) mass is 557 g/mol. The third-order valence-electron chi connectivity index (χ3n) is 6.81. The van der Waals surface area contributed by atoms with Crippen LogP contribution < -0.4 is 15.4 Å². The van der Waals surface area contributed by atoms with E-state index in [4.69, 9.17) is 15.9 Å². The molecule has 0 saturated carbocycles. The number of hydrogen-bond donors (Lipinski definition) is 2. The number of fused-ring (bicyclic) bond motifs is 1. The molecule has 2 heterocycles. The van der Waals surface area contributed by atoms with E-state index in [2.05, 4.69) is 44.6 Å². The number of pyridine rings is 1. The van der Waals surface area contributed by atoms with Gasteiger partial charge in [0, 0.05) is 54.5 Å². The number of likely N-dealkylation sites (N-methyl/N-ethyl adjacent to an activating group) is 1. The molecule has 0 spiro atoms. The predicted octanol–water partition coefficient (Wildman–Crippen LogP) is 5.63. The molecule has 0 bridgehead atoms. The van der Waals surface area contributed by atoms with Crippen molar-refractivity contribution in [2.45, 2.75) is 19.1 Å². The predicted molar refractivity (Wildman–Crippen MR) is 165 cm³/mol. The molecule has 1 aliphatic rings. The summed E-state index contributed by atoms with van der Waals surface area (Å²) in [5.74, 6) is 2.81. The van der Waals surface area contributed by atoms with Crippen LogP contribution in [0, 0.1) is 23.7 Å². The molecule has 0 radical (unpaired) electrons. The summed E-state index contributed by atoms with van der Waals surface area (Å²) >= 11 is 0.